The number of amides is 1. The van der Waals surface area contributed by atoms with Gasteiger partial charge in [0.1, 0.15) is 0 Å². The monoisotopic (exact) mass is 319 g/mol. The van der Waals surface area contributed by atoms with Crippen LogP contribution in [0.3, 0.4) is 0 Å². The van der Waals surface area contributed by atoms with Crippen molar-refractivity contribution in [3.63, 3.8) is 0 Å². The molecule has 0 heterocycles. The summed E-state index contributed by atoms with van der Waals surface area (Å²) in [6.45, 7) is 1.82. The Morgan fingerprint density at radius 3 is 1.35 bits per heavy atom. The fourth-order valence-electron chi connectivity index (χ4n) is 1.30. The fourth-order valence-corrected chi connectivity index (χ4v) is 1.30. The smallest absolute Gasteiger partial charge is 0.354 e. The van der Waals surface area contributed by atoms with Crippen LogP contribution in [0, 0.1) is 11.3 Å². The zero-order valence-corrected chi connectivity index (χ0v) is 10.1. The van der Waals surface area contributed by atoms with E-state index in [0.29, 0.717) is 0 Å². The van der Waals surface area contributed by atoms with Crippen molar-refractivity contribution in [1.29, 1.82) is 0 Å². The van der Waals surface area contributed by atoms with Crippen LogP contribution in [-0.4, -0.2) is 31.0 Å². The third-order valence-electron chi connectivity index (χ3n) is 2.29. The molecule has 1 N–H and O–H groups in total. The largest absolute Gasteiger partial charge is 0.421 e. The predicted octanol–water partition coefficient (Wildman–Crippen LogP) is 3.43. The summed E-state index contributed by atoms with van der Waals surface area (Å²) in [5.74, 6) is -3.81. The molecular weight excluding hydrogens is 309 g/mol. The van der Waals surface area contributed by atoms with Crippen molar-refractivity contribution in [3.05, 3.63) is 0 Å². The fraction of sp³-hybridized carbons (Fsp3) is 0.889. The summed E-state index contributed by atoms with van der Waals surface area (Å²) in [7, 11) is 0. The Labute approximate surface area is 107 Å². The molecule has 0 atom stereocenters. The highest BCUT2D eigenvalue weighted by atomic mass is 19.4. The van der Waals surface area contributed by atoms with Crippen molar-refractivity contribution >= 4 is 5.91 Å². The summed E-state index contributed by atoms with van der Waals surface area (Å²) >= 11 is 0. The van der Waals surface area contributed by atoms with Gasteiger partial charge in [-0.2, -0.15) is 39.5 Å². The summed E-state index contributed by atoms with van der Waals surface area (Å²) in [4.78, 5) is 11.0. The van der Waals surface area contributed by atoms with Crippen molar-refractivity contribution in [2.75, 3.05) is 6.54 Å². The van der Waals surface area contributed by atoms with Crippen molar-refractivity contribution in [3.8, 4) is 0 Å². The predicted molar refractivity (Wildman–Crippen MR) is 48.4 cm³/mol. The molecular formula is C9H10F9NO. The van der Waals surface area contributed by atoms with Crippen LogP contribution >= 0.6 is 0 Å². The summed E-state index contributed by atoms with van der Waals surface area (Å²) in [6, 6.07) is 0. The van der Waals surface area contributed by atoms with E-state index in [1.807, 2.05) is 0 Å². The van der Waals surface area contributed by atoms with Gasteiger partial charge in [-0.15, -0.1) is 0 Å². The van der Waals surface area contributed by atoms with Crippen LogP contribution in [0.1, 0.15) is 13.8 Å². The van der Waals surface area contributed by atoms with Crippen LogP contribution in [0.4, 0.5) is 39.5 Å². The van der Waals surface area contributed by atoms with E-state index in [2.05, 4.69) is 0 Å². The highest BCUT2D eigenvalue weighted by Crippen LogP contribution is 2.59. The van der Waals surface area contributed by atoms with Crippen LogP contribution in [0.15, 0.2) is 0 Å². The van der Waals surface area contributed by atoms with Crippen molar-refractivity contribution < 1.29 is 44.3 Å². The van der Waals surface area contributed by atoms with Crippen molar-refractivity contribution in [2.24, 2.45) is 11.3 Å². The summed E-state index contributed by atoms with van der Waals surface area (Å²) in [5.41, 5.74) is -6.44. The minimum Gasteiger partial charge on any atom is -0.354 e. The van der Waals surface area contributed by atoms with Crippen LogP contribution < -0.4 is 5.32 Å². The maximum absolute atomic E-state index is 12.4. The molecule has 0 spiro atoms. The number of carbonyl (C=O) groups is 1. The van der Waals surface area contributed by atoms with Crippen LogP contribution in [0.5, 0.6) is 0 Å². The first-order valence-electron chi connectivity index (χ1n) is 5.07. The normalized spacial score (nSPS) is 14.6. The molecule has 0 rings (SSSR count). The lowest BCUT2D eigenvalue weighted by Gasteiger charge is -2.37. The molecule has 11 heteroatoms. The molecule has 0 saturated carbocycles. The lowest BCUT2D eigenvalue weighted by Crippen LogP contribution is -2.67. The quantitative estimate of drug-likeness (QED) is 0.794. The first-order chi connectivity index (χ1) is 8.59. The number of nitrogens with one attached hydrogen (secondary N) is 1. The van der Waals surface area contributed by atoms with Gasteiger partial charge in [0, 0.05) is 6.54 Å². The number of rotatable bonds is 3. The van der Waals surface area contributed by atoms with E-state index in [0.717, 1.165) is 5.32 Å². The van der Waals surface area contributed by atoms with E-state index >= 15 is 0 Å². The first kappa shape index (κ1) is 18.8. The van der Waals surface area contributed by atoms with Gasteiger partial charge in [-0.3, -0.25) is 4.79 Å². The van der Waals surface area contributed by atoms with Gasteiger partial charge >= 0.3 is 23.9 Å². The minimum absolute atomic E-state index is 0.633. The Bertz CT molecular complexity index is 316. The third-order valence-corrected chi connectivity index (χ3v) is 2.29. The zero-order chi connectivity index (χ0) is 16.6. The first-order valence-corrected chi connectivity index (χ1v) is 5.07. The van der Waals surface area contributed by atoms with E-state index in [-0.39, 0.29) is 0 Å². The lowest BCUT2D eigenvalue weighted by atomic mass is 9.84. The van der Waals surface area contributed by atoms with Gasteiger partial charge in [0.15, 0.2) is 0 Å². The van der Waals surface area contributed by atoms with E-state index in [4.69, 9.17) is 0 Å². The topological polar surface area (TPSA) is 29.1 Å². The second kappa shape index (κ2) is 5.32. The average molecular weight is 319 g/mol. The maximum atomic E-state index is 12.4. The van der Waals surface area contributed by atoms with Gasteiger partial charge < -0.3 is 5.32 Å². The molecule has 0 radical (unpaired) electrons. The highest BCUT2D eigenvalue weighted by Gasteiger charge is 2.87. The lowest BCUT2D eigenvalue weighted by molar-refractivity contribution is -0.406. The molecule has 0 bridgehead atoms. The average Bonchev–Trinajstić information content (AvgIpc) is 2.07. The molecule has 20 heavy (non-hydrogen) atoms. The van der Waals surface area contributed by atoms with Gasteiger partial charge in [0.25, 0.3) is 5.91 Å². The molecule has 2 nitrogen and oxygen atoms in total. The zero-order valence-electron chi connectivity index (χ0n) is 10.1. The van der Waals surface area contributed by atoms with E-state index in [1.165, 1.54) is 13.8 Å². The number of hydrogen-bond donors (Lipinski definition) is 1. The molecule has 0 aromatic carbocycles. The summed E-state index contributed by atoms with van der Waals surface area (Å²) < 4.78 is 112. The van der Waals surface area contributed by atoms with E-state index in [1.54, 1.807) is 0 Å². The molecule has 0 saturated heterocycles. The van der Waals surface area contributed by atoms with Crippen LogP contribution in [0.25, 0.3) is 0 Å². The SMILES string of the molecule is CC(C)CNC(=O)C(C(F)(F)F)(C(F)(F)F)C(F)(F)F. The number of hydrogen-bond acceptors (Lipinski definition) is 1. The summed E-state index contributed by atoms with van der Waals surface area (Å²) in [5, 5.41) is 1.04. The van der Waals surface area contributed by atoms with Gasteiger partial charge in [0.05, 0.1) is 0 Å². The second-order valence-corrected chi connectivity index (χ2v) is 4.35. The molecule has 0 aliphatic heterocycles. The third kappa shape index (κ3) is 3.11. The van der Waals surface area contributed by atoms with Crippen molar-refractivity contribution in [2.45, 2.75) is 32.4 Å². The molecule has 0 aliphatic rings. The maximum Gasteiger partial charge on any atom is 0.421 e. The highest BCUT2D eigenvalue weighted by molar-refractivity contribution is 5.85. The Morgan fingerprint density at radius 2 is 1.15 bits per heavy atom. The van der Waals surface area contributed by atoms with Gasteiger partial charge in [-0.25, -0.2) is 0 Å². The Kier molecular flexibility index (Phi) is 5.01. The van der Waals surface area contributed by atoms with Gasteiger partial charge in [0.2, 0.25) is 0 Å². The number of carbonyl (C=O) groups excluding carboxylic acids is 1. The second-order valence-electron chi connectivity index (χ2n) is 4.35. The molecule has 0 aromatic heterocycles. The van der Waals surface area contributed by atoms with Gasteiger partial charge in [-0.1, -0.05) is 13.8 Å². The minimum atomic E-state index is -6.87. The van der Waals surface area contributed by atoms with E-state index < -0.39 is 42.3 Å². The standard InChI is InChI=1S/C9H10F9NO/c1-4(2)3-19-5(20)6(7(10,11)12,8(13,14)15)9(16,17)18/h4H,3H2,1-2H3,(H,19,20). The molecule has 0 aromatic rings. The molecule has 0 aliphatic carbocycles. The Hall–Kier alpha value is -1.16. The van der Waals surface area contributed by atoms with Crippen molar-refractivity contribution in [1.82, 2.24) is 5.32 Å². The molecule has 0 unspecified atom stereocenters. The summed E-state index contributed by atoms with van der Waals surface area (Å²) in [6.07, 6.45) is -20.6. The van der Waals surface area contributed by atoms with Crippen LogP contribution in [0.2, 0.25) is 0 Å². The number of halogens is 9. The van der Waals surface area contributed by atoms with Crippen LogP contribution in [-0.2, 0) is 4.79 Å². The Morgan fingerprint density at radius 1 is 0.850 bits per heavy atom. The molecule has 1 amide bonds. The number of alkyl halides is 9. The van der Waals surface area contributed by atoms with E-state index in [9.17, 15) is 44.3 Å². The van der Waals surface area contributed by atoms with Gasteiger partial charge in [-0.05, 0) is 5.92 Å². The molecule has 0 fully saturated rings. The Balaban J connectivity index is 5.99. The molecule has 120 valence electrons.